The molecule has 4 heteroatoms. The average Bonchev–Trinajstić information content (AvgIpc) is 2.03. The highest BCUT2D eigenvalue weighted by molar-refractivity contribution is 7.80. The summed E-state index contributed by atoms with van der Waals surface area (Å²) in [6, 6.07) is 0. The Morgan fingerprint density at radius 2 is 2.00 bits per heavy atom. The van der Waals surface area contributed by atoms with Gasteiger partial charge in [-0.3, -0.25) is 0 Å². The molecule has 2 N–H and O–H groups in total. The maximum absolute atomic E-state index is 5.60. The first-order chi connectivity index (χ1) is 6.16. The van der Waals surface area contributed by atoms with Crippen LogP contribution in [0.25, 0.3) is 0 Å². The molecule has 0 aliphatic rings. The molecular formula is C9H21NO2S. The Morgan fingerprint density at radius 3 is 2.54 bits per heavy atom. The van der Waals surface area contributed by atoms with Crippen molar-refractivity contribution in [3.63, 3.8) is 0 Å². The van der Waals surface area contributed by atoms with Crippen molar-refractivity contribution in [3.8, 4) is 0 Å². The molecule has 3 nitrogen and oxygen atoms in total. The fraction of sp³-hybridized carbons (Fsp3) is 1.00. The number of rotatable bonds is 8. The Bertz CT molecular complexity index is 112. The van der Waals surface area contributed by atoms with Gasteiger partial charge in [-0.15, -0.1) is 0 Å². The summed E-state index contributed by atoms with van der Waals surface area (Å²) in [4.78, 5) is 0. The molecule has 0 aromatic carbocycles. The summed E-state index contributed by atoms with van der Waals surface area (Å²) < 4.78 is 10.6. The molecule has 0 bridgehead atoms. The Morgan fingerprint density at radius 1 is 1.31 bits per heavy atom. The van der Waals surface area contributed by atoms with E-state index in [0.29, 0.717) is 19.1 Å². The van der Waals surface area contributed by atoms with Crippen LogP contribution < -0.4 is 5.73 Å². The van der Waals surface area contributed by atoms with E-state index in [1.165, 1.54) is 0 Å². The van der Waals surface area contributed by atoms with Crippen molar-refractivity contribution in [1.29, 1.82) is 0 Å². The molecule has 0 aliphatic carbocycles. The van der Waals surface area contributed by atoms with Gasteiger partial charge in [-0.25, -0.2) is 0 Å². The average molecular weight is 207 g/mol. The van der Waals surface area contributed by atoms with E-state index in [0.717, 1.165) is 18.8 Å². The Kier molecular flexibility index (Phi) is 8.97. The third kappa shape index (κ3) is 10.1. The van der Waals surface area contributed by atoms with E-state index >= 15 is 0 Å². The number of hydrogen-bond donors (Lipinski definition) is 2. The quantitative estimate of drug-likeness (QED) is 0.358. The van der Waals surface area contributed by atoms with Crippen LogP contribution in [-0.2, 0) is 9.47 Å². The summed E-state index contributed by atoms with van der Waals surface area (Å²) in [6.07, 6.45) is 0.591. The Labute approximate surface area is 86.4 Å². The zero-order valence-electron chi connectivity index (χ0n) is 8.53. The fourth-order valence-electron chi connectivity index (χ4n) is 0.788. The summed E-state index contributed by atoms with van der Waals surface area (Å²) in [5.74, 6) is 1.33. The van der Waals surface area contributed by atoms with Crippen LogP contribution in [0.2, 0.25) is 0 Å². The third-order valence-corrected chi connectivity index (χ3v) is 1.68. The fourth-order valence-corrected chi connectivity index (χ4v) is 1.04. The number of ether oxygens (including phenoxy) is 2. The molecule has 0 amide bonds. The lowest BCUT2D eigenvalue weighted by molar-refractivity contribution is 0.000998. The lowest BCUT2D eigenvalue weighted by Crippen LogP contribution is -2.26. The number of nitrogens with two attached hydrogens (primary N) is 1. The summed E-state index contributed by atoms with van der Waals surface area (Å²) in [5, 5.41) is 0. The van der Waals surface area contributed by atoms with Gasteiger partial charge in [0, 0.05) is 6.61 Å². The first-order valence-corrected chi connectivity index (χ1v) is 5.35. The molecule has 0 spiro atoms. The van der Waals surface area contributed by atoms with Crippen LogP contribution in [0.3, 0.4) is 0 Å². The van der Waals surface area contributed by atoms with E-state index in [-0.39, 0.29) is 6.23 Å². The molecule has 13 heavy (non-hydrogen) atoms. The van der Waals surface area contributed by atoms with Crippen molar-refractivity contribution in [2.75, 3.05) is 25.6 Å². The van der Waals surface area contributed by atoms with E-state index in [9.17, 15) is 0 Å². The second kappa shape index (κ2) is 8.81. The van der Waals surface area contributed by atoms with E-state index in [1.807, 2.05) is 0 Å². The summed E-state index contributed by atoms with van der Waals surface area (Å²) in [7, 11) is 0. The lowest BCUT2D eigenvalue weighted by Gasteiger charge is -2.12. The lowest BCUT2D eigenvalue weighted by atomic mass is 10.2. The van der Waals surface area contributed by atoms with E-state index in [4.69, 9.17) is 15.2 Å². The van der Waals surface area contributed by atoms with Crippen molar-refractivity contribution in [2.24, 2.45) is 11.7 Å². The first kappa shape index (κ1) is 13.2. The molecule has 0 fully saturated rings. The topological polar surface area (TPSA) is 44.5 Å². The van der Waals surface area contributed by atoms with Gasteiger partial charge in [0.05, 0.1) is 13.2 Å². The van der Waals surface area contributed by atoms with Crippen molar-refractivity contribution in [1.82, 2.24) is 0 Å². The number of hydrogen-bond acceptors (Lipinski definition) is 4. The molecule has 0 saturated heterocycles. The van der Waals surface area contributed by atoms with Gasteiger partial charge in [-0.05, 0) is 18.1 Å². The maximum atomic E-state index is 5.60. The van der Waals surface area contributed by atoms with Crippen LogP contribution in [-0.4, -0.2) is 31.8 Å². The van der Waals surface area contributed by atoms with Crippen molar-refractivity contribution in [2.45, 2.75) is 26.5 Å². The normalized spacial score (nSPS) is 13.6. The monoisotopic (exact) mass is 207 g/mol. The third-order valence-electron chi connectivity index (χ3n) is 1.42. The second-order valence-electron chi connectivity index (χ2n) is 3.39. The van der Waals surface area contributed by atoms with Crippen LogP contribution in [0.5, 0.6) is 0 Å². The zero-order valence-corrected chi connectivity index (χ0v) is 9.43. The minimum absolute atomic E-state index is 0.194. The SMILES string of the molecule is CC(C)COCCOC(N)CCS. The predicted molar refractivity (Wildman–Crippen MR) is 58.1 cm³/mol. The van der Waals surface area contributed by atoms with Gasteiger partial charge >= 0.3 is 0 Å². The van der Waals surface area contributed by atoms with Gasteiger partial charge in [-0.2, -0.15) is 12.6 Å². The smallest absolute Gasteiger partial charge is 0.106 e. The highest BCUT2D eigenvalue weighted by Crippen LogP contribution is 1.95. The number of thiol groups is 1. The zero-order chi connectivity index (χ0) is 10.1. The first-order valence-electron chi connectivity index (χ1n) is 4.72. The van der Waals surface area contributed by atoms with Crippen LogP contribution in [0.1, 0.15) is 20.3 Å². The van der Waals surface area contributed by atoms with Crippen molar-refractivity contribution in [3.05, 3.63) is 0 Å². The van der Waals surface area contributed by atoms with Gasteiger partial charge < -0.3 is 15.2 Å². The molecule has 1 unspecified atom stereocenters. The van der Waals surface area contributed by atoms with Gasteiger partial charge in [0.25, 0.3) is 0 Å². The molecule has 80 valence electrons. The second-order valence-corrected chi connectivity index (χ2v) is 3.84. The van der Waals surface area contributed by atoms with Crippen molar-refractivity contribution >= 4 is 12.6 Å². The highest BCUT2D eigenvalue weighted by Gasteiger charge is 2.00. The molecule has 0 heterocycles. The summed E-state index contributed by atoms with van der Waals surface area (Å²) in [5.41, 5.74) is 5.60. The van der Waals surface area contributed by atoms with Crippen LogP contribution >= 0.6 is 12.6 Å². The largest absolute Gasteiger partial charge is 0.379 e. The van der Waals surface area contributed by atoms with E-state index in [1.54, 1.807) is 0 Å². The molecule has 0 saturated carbocycles. The van der Waals surface area contributed by atoms with Gasteiger partial charge in [-0.1, -0.05) is 13.8 Å². The Hall–Kier alpha value is 0.230. The van der Waals surface area contributed by atoms with E-state index in [2.05, 4.69) is 26.5 Å². The summed E-state index contributed by atoms with van der Waals surface area (Å²) in [6.45, 7) is 6.21. The van der Waals surface area contributed by atoms with E-state index < -0.39 is 0 Å². The van der Waals surface area contributed by atoms with Crippen molar-refractivity contribution < 1.29 is 9.47 Å². The van der Waals surface area contributed by atoms with Crippen LogP contribution in [0.4, 0.5) is 0 Å². The molecule has 0 radical (unpaired) electrons. The van der Waals surface area contributed by atoms with Crippen LogP contribution in [0, 0.1) is 5.92 Å². The van der Waals surface area contributed by atoms with Gasteiger partial charge in [0.2, 0.25) is 0 Å². The predicted octanol–water partition coefficient (Wildman–Crippen LogP) is 1.28. The molecule has 0 aromatic rings. The standard InChI is InChI=1S/C9H21NO2S/c1-8(2)7-11-4-5-12-9(10)3-6-13/h8-9,13H,3-7,10H2,1-2H3. The molecule has 0 aromatic heterocycles. The minimum Gasteiger partial charge on any atom is -0.379 e. The van der Waals surface area contributed by atoms with Crippen LogP contribution in [0.15, 0.2) is 0 Å². The van der Waals surface area contributed by atoms with Gasteiger partial charge in [0.1, 0.15) is 6.23 Å². The molecule has 1 atom stereocenters. The summed E-state index contributed by atoms with van der Waals surface area (Å²) >= 11 is 4.06. The highest BCUT2D eigenvalue weighted by atomic mass is 32.1. The molecule has 0 rings (SSSR count). The minimum atomic E-state index is -0.194. The molecular weight excluding hydrogens is 186 g/mol. The van der Waals surface area contributed by atoms with Gasteiger partial charge in [0.15, 0.2) is 0 Å². The maximum Gasteiger partial charge on any atom is 0.106 e. The molecule has 0 aliphatic heterocycles. The Balaban J connectivity index is 3.06.